The maximum Gasteiger partial charge on any atom is 0.305 e. The van der Waals surface area contributed by atoms with Crippen molar-refractivity contribution in [1.82, 2.24) is 0 Å². The highest BCUT2D eigenvalue weighted by atomic mass is 16.7. The van der Waals surface area contributed by atoms with Crippen molar-refractivity contribution in [2.45, 2.75) is 91.3 Å². The molecule has 3 saturated carbocycles. The summed E-state index contributed by atoms with van der Waals surface area (Å²) >= 11 is 0. The second kappa shape index (κ2) is 7.65. The third-order valence-corrected chi connectivity index (χ3v) is 9.35. The number of aliphatic hydroxyl groups is 1. The zero-order valence-electron chi connectivity index (χ0n) is 19.0. The van der Waals surface area contributed by atoms with Gasteiger partial charge in [0.25, 0.3) is 5.79 Å². The number of fused-ring (bicyclic) bond motifs is 5. The Hall–Kier alpha value is -1.36. The van der Waals surface area contributed by atoms with E-state index >= 15 is 0 Å². The predicted octanol–water partition coefficient (Wildman–Crippen LogP) is 4.77. The quantitative estimate of drug-likeness (QED) is 0.404. The molecule has 6 atom stereocenters. The number of carbonyl (C=O) groups excluding carboxylic acids is 2. The molecule has 0 aromatic carbocycles. The van der Waals surface area contributed by atoms with Gasteiger partial charge in [0.15, 0.2) is 0 Å². The Labute approximate surface area is 180 Å². The molecule has 4 aliphatic carbocycles. The standard InChI is InChI=1S/C25H38O5/c1-16(27)29-24(4,30-17(2)28)22-11-10-20-19-9-8-18-7-5-6-13-25(18,15-26)21(19)12-14-23(20,22)3/h8,19-22,26H,5-7,9-15H2,1-4H3/t19-,20-,21-,22-,23-,25+/m0/s1. The highest BCUT2D eigenvalue weighted by Crippen LogP contribution is 2.67. The zero-order valence-corrected chi connectivity index (χ0v) is 19.0. The Balaban J connectivity index is 1.66. The molecular weight excluding hydrogens is 380 g/mol. The van der Waals surface area contributed by atoms with Gasteiger partial charge in [0.1, 0.15) is 0 Å². The first-order valence-electron chi connectivity index (χ1n) is 11.9. The van der Waals surface area contributed by atoms with E-state index in [1.54, 1.807) is 6.92 Å². The van der Waals surface area contributed by atoms with E-state index in [-0.39, 0.29) is 23.4 Å². The molecule has 0 unspecified atom stereocenters. The second-order valence-electron chi connectivity index (χ2n) is 10.7. The van der Waals surface area contributed by atoms with Gasteiger partial charge in [-0.1, -0.05) is 25.0 Å². The van der Waals surface area contributed by atoms with E-state index in [9.17, 15) is 14.7 Å². The molecule has 30 heavy (non-hydrogen) atoms. The van der Waals surface area contributed by atoms with Gasteiger partial charge in [-0.05, 0) is 74.5 Å². The minimum Gasteiger partial charge on any atom is -0.423 e. The van der Waals surface area contributed by atoms with Crippen LogP contribution in [0.25, 0.3) is 0 Å². The van der Waals surface area contributed by atoms with Crippen molar-refractivity contribution in [2.75, 3.05) is 6.61 Å². The maximum absolute atomic E-state index is 11.9. The minimum absolute atomic E-state index is 0.00874. The van der Waals surface area contributed by atoms with Gasteiger partial charge in [-0.2, -0.15) is 0 Å². The summed E-state index contributed by atoms with van der Waals surface area (Å²) in [5, 5.41) is 10.5. The highest BCUT2D eigenvalue weighted by Gasteiger charge is 2.63. The number of rotatable bonds is 4. The smallest absolute Gasteiger partial charge is 0.305 e. The van der Waals surface area contributed by atoms with Gasteiger partial charge in [0, 0.05) is 32.1 Å². The normalized spacial score (nSPS) is 40.5. The molecule has 0 aromatic rings. The first-order valence-corrected chi connectivity index (χ1v) is 11.9. The third kappa shape index (κ3) is 3.23. The molecule has 0 radical (unpaired) electrons. The number of aliphatic hydroxyl groups excluding tert-OH is 1. The van der Waals surface area contributed by atoms with Crippen molar-refractivity contribution in [2.24, 2.45) is 34.5 Å². The molecule has 0 aliphatic heterocycles. The van der Waals surface area contributed by atoms with Crippen molar-refractivity contribution >= 4 is 11.9 Å². The molecule has 0 bridgehead atoms. The average molecular weight is 419 g/mol. The van der Waals surface area contributed by atoms with E-state index in [1.165, 1.54) is 32.3 Å². The van der Waals surface area contributed by atoms with E-state index in [0.29, 0.717) is 17.8 Å². The number of allylic oxidation sites excluding steroid dienone is 1. The average Bonchev–Trinajstić information content (AvgIpc) is 3.04. The topological polar surface area (TPSA) is 72.8 Å². The van der Waals surface area contributed by atoms with Gasteiger partial charge in [-0.15, -0.1) is 0 Å². The lowest BCUT2D eigenvalue weighted by atomic mass is 9.47. The lowest BCUT2D eigenvalue weighted by Gasteiger charge is -2.58. The maximum atomic E-state index is 11.9. The number of carbonyl (C=O) groups is 2. The Morgan fingerprint density at radius 3 is 2.43 bits per heavy atom. The van der Waals surface area contributed by atoms with Crippen LogP contribution in [-0.2, 0) is 19.1 Å². The predicted molar refractivity (Wildman–Crippen MR) is 113 cm³/mol. The summed E-state index contributed by atoms with van der Waals surface area (Å²) in [5.74, 6) is -0.476. The molecule has 3 fully saturated rings. The first-order chi connectivity index (χ1) is 14.2. The van der Waals surface area contributed by atoms with Gasteiger partial charge in [-0.3, -0.25) is 9.59 Å². The van der Waals surface area contributed by atoms with Crippen LogP contribution in [0.1, 0.15) is 85.5 Å². The fraction of sp³-hybridized carbons (Fsp3) is 0.840. The van der Waals surface area contributed by atoms with Crippen molar-refractivity contribution < 1.29 is 24.2 Å². The Morgan fingerprint density at radius 2 is 1.80 bits per heavy atom. The number of hydrogen-bond donors (Lipinski definition) is 1. The lowest BCUT2D eigenvalue weighted by molar-refractivity contribution is -0.254. The second-order valence-corrected chi connectivity index (χ2v) is 10.7. The van der Waals surface area contributed by atoms with E-state index in [2.05, 4.69) is 13.0 Å². The van der Waals surface area contributed by atoms with Crippen LogP contribution in [0.5, 0.6) is 0 Å². The van der Waals surface area contributed by atoms with Crippen LogP contribution in [0.3, 0.4) is 0 Å². The number of esters is 2. The molecular formula is C25H38O5. The summed E-state index contributed by atoms with van der Waals surface area (Å²) in [6.07, 6.45) is 12.3. The van der Waals surface area contributed by atoms with Crippen molar-refractivity contribution in [3.8, 4) is 0 Å². The molecule has 5 nitrogen and oxygen atoms in total. The third-order valence-electron chi connectivity index (χ3n) is 9.35. The molecule has 0 spiro atoms. The fourth-order valence-corrected chi connectivity index (χ4v) is 8.37. The van der Waals surface area contributed by atoms with E-state index in [4.69, 9.17) is 9.47 Å². The van der Waals surface area contributed by atoms with Crippen LogP contribution in [0, 0.1) is 34.5 Å². The van der Waals surface area contributed by atoms with Crippen molar-refractivity contribution in [3.63, 3.8) is 0 Å². The van der Waals surface area contributed by atoms with E-state index < -0.39 is 17.7 Å². The largest absolute Gasteiger partial charge is 0.423 e. The van der Waals surface area contributed by atoms with Crippen LogP contribution in [0.4, 0.5) is 0 Å². The molecule has 4 rings (SSSR count). The minimum atomic E-state index is -1.22. The van der Waals surface area contributed by atoms with Gasteiger partial charge in [-0.25, -0.2) is 0 Å². The molecule has 0 amide bonds. The summed E-state index contributed by atoms with van der Waals surface area (Å²) in [5.41, 5.74) is 1.45. The monoisotopic (exact) mass is 418 g/mol. The first kappa shape index (κ1) is 21.9. The van der Waals surface area contributed by atoms with Gasteiger partial charge >= 0.3 is 11.9 Å². The van der Waals surface area contributed by atoms with Crippen molar-refractivity contribution in [3.05, 3.63) is 11.6 Å². The molecule has 1 N–H and O–H groups in total. The van der Waals surface area contributed by atoms with Crippen molar-refractivity contribution in [1.29, 1.82) is 0 Å². The number of ether oxygens (including phenoxy) is 2. The van der Waals surface area contributed by atoms with Crippen LogP contribution >= 0.6 is 0 Å². The lowest BCUT2D eigenvalue weighted by Crippen LogP contribution is -2.55. The summed E-state index contributed by atoms with van der Waals surface area (Å²) in [6.45, 7) is 7.13. The Kier molecular flexibility index (Phi) is 5.57. The zero-order chi connectivity index (χ0) is 21.7. The van der Waals surface area contributed by atoms with E-state index in [0.717, 1.165) is 44.9 Å². The SMILES string of the molecule is CC(=O)OC(C)(OC(C)=O)[C@H]1CC[C@H]2[C@@H]3CC=C4CCCC[C@]4(CO)[C@H]3CC[C@]12C. The molecule has 4 aliphatic rings. The van der Waals surface area contributed by atoms with Gasteiger partial charge < -0.3 is 14.6 Å². The van der Waals surface area contributed by atoms with Gasteiger partial charge in [0.05, 0.1) is 6.61 Å². The van der Waals surface area contributed by atoms with Crippen LogP contribution < -0.4 is 0 Å². The van der Waals surface area contributed by atoms with Gasteiger partial charge in [0.2, 0.25) is 0 Å². The van der Waals surface area contributed by atoms with E-state index in [1.807, 2.05) is 0 Å². The molecule has 5 heteroatoms. The van der Waals surface area contributed by atoms with Crippen LogP contribution in [0.2, 0.25) is 0 Å². The fourth-order valence-electron chi connectivity index (χ4n) is 8.37. The summed E-state index contributed by atoms with van der Waals surface area (Å²) in [7, 11) is 0. The summed E-state index contributed by atoms with van der Waals surface area (Å²) in [4.78, 5) is 23.8. The molecule has 168 valence electrons. The summed E-state index contributed by atoms with van der Waals surface area (Å²) in [6, 6.07) is 0. The Morgan fingerprint density at radius 1 is 1.10 bits per heavy atom. The molecule has 0 heterocycles. The molecule has 0 saturated heterocycles. The van der Waals surface area contributed by atoms with Crippen LogP contribution in [0.15, 0.2) is 11.6 Å². The highest BCUT2D eigenvalue weighted by molar-refractivity contribution is 5.69. The van der Waals surface area contributed by atoms with Crippen LogP contribution in [-0.4, -0.2) is 29.4 Å². The summed E-state index contributed by atoms with van der Waals surface area (Å²) < 4.78 is 11.4. The molecule has 0 aromatic heterocycles. The number of hydrogen-bond acceptors (Lipinski definition) is 5. The Bertz CT molecular complexity index is 726.